The number of alkyl carbamates (subject to hydrolysis) is 1. The molecule has 0 bridgehead atoms. The van der Waals surface area contributed by atoms with E-state index in [9.17, 15) is 24.3 Å². The third-order valence-corrected chi connectivity index (χ3v) is 6.71. The lowest BCUT2D eigenvalue weighted by Crippen LogP contribution is -2.50. The van der Waals surface area contributed by atoms with E-state index < -0.39 is 29.6 Å². The van der Waals surface area contributed by atoms with E-state index in [1.165, 1.54) is 24.8 Å². The number of carboxylic acids is 1. The standard InChI is InChI=1S/C21H32N2O5.C15H22O2/c1-13(2)11-15-7-9-16(10-8-15)14(3)18(24)22-12-17(19(25)26)23-20(27)28-21(4,5)6;1-2-3-4-5-9-12-15(16)17-13-14-10-7-6-8-11-14/h7-10,13-14,17H,11-12H2,1-6H3,(H,22,24)(H,23,27)(H,25,26);6-8,10-11H,2-5,9,12-13H2,1H3/t14-,17+;/m0./s1. The molecule has 0 saturated carbocycles. The van der Waals surface area contributed by atoms with Gasteiger partial charge in [0.25, 0.3) is 0 Å². The average molecular weight is 627 g/mol. The number of unbranched alkanes of at least 4 members (excludes halogenated alkanes) is 4. The number of esters is 1. The number of hydrogen-bond acceptors (Lipinski definition) is 6. The Hall–Kier alpha value is -3.88. The molecule has 0 heterocycles. The van der Waals surface area contributed by atoms with Gasteiger partial charge >= 0.3 is 18.0 Å². The minimum atomic E-state index is -1.28. The summed E-state index contributed by atoms with van der Waals surface area (Å²) >= 11 is 0. The molecule has 0 spiro atoms. The topological polar surface area (TPSA) is 131 Å². The Morgan fingerprint density at radius 1 is 0.844 bits per heavy atom. The van der Waals surface area contributed by atoms with Crippen LogP contribution in [-0.2, 0) is 36.9 Å². The first-order chi connectivity index (χ1) is 21.2. The van der Waals surface area contributed by atoms with Gasteiger partial charge in [-0.1, -0.05) is 101 Å². The molecule has 2 atom stereocenters. The van der Waals surface area contributed by atoms with Gasteiger partial charge in [-0.15, -0.1) is 0 Å². The van der Waals surface area contributed by atoms with Gasteiger partial charge in [0.15, 0.2) is 0 Å². The van der Waals surface area contributed by atoms with E-state index in [0.717, 1.165) is 30.4 Å². The highest BCUT2D eigenvalue weighted by Gasteiger charge is 2.25. The van der Waals surface area contributed by atoms with Crippen LogP contribution in [0, 0.1) is 5.92 Å². The van der Waals surface area contributed by atoms with E-state index in [1.54, 1.807) is 27.7 Å². The van der Waals surface area contributed by atoms with Crippen molar-refractivity contribution in [2.45, 2.75) is 118 Å². The first-order valence-electron chi connectivity index (χ1n) is 16.0. The van der Waals surface area contributed by atoms with Gasteiger partial charge in [0.05, 0.1) is 5.92 Å². The Balaban J connectivity index is 0.000000507. The van der Waals surface area contributed by atoms with Crippen molar-refractivity contribution in [2.24, 2.45) is 5.92 Å². The molecule has 2 aromatic rings. The Labute approximate surface area is 269 Å². The molecule has 0 aliphatic heterocycles. The van der Waals surface area contributed by atoms with E-state index in [0.29, 0.717) is 18.9 Å². The summed E-state index contributed by atoms with van der Waals surface area (Å²) in [5.41, 5.74) is 2.36. The predicted octanol–water partition coefficient (Wildman–Crippen LogP) is 7.17. The molecule has 0 aliphatic carbocycles. The first kappa shape index (κ1) is 39.1. The van der Waals surface area contributed by atoms with Crippen LogP contribution in [0.1, 0.15) is 110 Å². The lowest BCUT2D eigenvalue weighted by atomic mass is 9.96. The van der Waals surface area contributed by atoms with Crippen molar-refractivity contribution < 1.29 is 33.8 Å². The summed E-state index contributed by atoms with van der Waals surface area (Å²) in [5, 5.41) is 14.1. The number of carbonyl (C=O) groups excluding carboxylic acids is 3. The van der Waals surface area contributed by atoms with Crippen molar-refractivity contribution in [3.63, 3.8) is 0 Å². The van der Waals surface area contributed by atoms with Gasteiger partial charge in [0.2, 0.25) is 5.91 Å². The van der Waals surface area contributed by atoms with Gasteiger partial charge in [-0.05, 0) is 63.1 Å². The zero-order chi connectivity index (χ0) is 33.8. The lowest BCUT2D eigenvalue weighted by Gasteiger charge is -2.22. The minimum absolute atomic E-state index is 0.0784. The number of ether oxygens (including phenoxy) is 2. The molecule has 45 heavy (non-hydrogen) atoms. The molecular weight excluding hydrogens is 572 g/mol. The van der Waals surface area contributed by atoms with Crippen LogP contribution >= 0.6 is 0 Å². The number of hydrogen-bond donors (Lipinski definition) is 3. The summed E-state index contributed by atoms with van der Waals surface area (Å²) in [5.74, 6) is -1.53. The van der Waals surface area contributed by atoms with Crippen molar-refractivity contribution in [1.82, 2.24) is 10.6 Å². The largest absolute Gasteiger partial charge is 0.480 e. The molecule has 3 N–H and O–H groups in total. The summed E-state index contributed by atoms with van der Waals surface area (Å²) in [4.78, 5) is 47.0. The molecule has 0 radical (unpaired) electrons. The fourth-order valence-electron chi connectivity index (χ4n) is 4.25. The molecular formula is C36H54N2O7. The molecule has 2 aromatic carbocycles. The number of carboxylic acid groups (broad SMARTS) is 1. The van der Waals surface area contributed by atoms with Crippen LogP contribution in [0.4, 0.5) is 4.79 Å². The second-order valence-corrected chi connectivity index (χ2v) is 12.7. The maximum absolute atomic E-state index is 12.4. The van der Waals surface area contributed by atoms with Gasteiger partial charge in [-0.3, -0.25) is 9.59 Å². The molecule has 9 nitrogen and oxygen atoms in total. The molecule has 0 aliphatic rings. The second-order valence-electron chi connectivity index (χ2n) is 12.7. The molecule has 0 fully saturated rings. The van der Waals surface area contributed by atoms with E-state index in [2.05, 4.69) is 31.4 Å². The number of carbonyl (C=O) groups is 4. The highest BCUT2D eigenvalue weighted by atomic mass is 16.6. The zero-order valence-corrected chi connectivity index (χ0v) is 28.2. The first-order valence-corrected chi connectivity index (χ1v) is 16.0. The lowest BCUT2D eigenvalue weighted by molar-refractivity contribution is -0.145. The Morgan fingerprint density at radius 3 is 2.02 bits per heavy atom. The summed E-state index contributed by atoms with van der Waals surface area (Å²) in [6, 6.07) is 16.3. The van der Waals surface area contributed by atoms with Crippen molar-refractivity contribution in [1.29, 1.82) is 0 Å². The van der Waals surface area contributed by atoms with Crippen LogP contribution < -0.4 is 10.6 Å². The maximum Gasteiger partial charge on any atom is 0.408 e. The van der Waals surface area contributed by atoms with Gasteiger partial charge in [-0.2, -0.15) is 0 Å². The maximum atomic E-state index is 12.4. The molecule has 2 amide bonds. The number of aliphatic carboxylic acids is 1. The third kappa shape index (κ3) is 18.5. The van der Waals surface area contributed by atoms with Crippen molar-refractivity contribution in [3.8, 4) is 0 Å². The molecule has 9 heteroatoms. The monoisotopic (exact) mass is 626 g/mol. The third-order valence-electron chi connectivity index (χ3n) is 6.71. The smallest absolute Gasteiger partial charge is 0.408 e. The zero-order valence-electron chi connectivity index (χ0n) is 28.2. The van der Waals surface area contributed by atoms with E-state index >= 15 is 0 Å². The second kappa shape index (κ2) is 21.0. The highest BCUT2D eigenvalue weighted by molar-refractivity contribution is 5.85. The van der Waals surface area contributed by atoms with Gasteiger partial charge in [0.1, 0.15) is 18.2 Å². The normalized spacial score (nSPS) is 12.3. The van der Waals surface area contributed by atoms with E-state index in [4.69, 9.17) is 9.47 Å². The number of amides is 2. The van der Waals surface area contributed by atoms with Crippen LogP contribution in [0.5, 0.6) is 0 Å². The van der Waals surface area contributed by atoms with Crippen LogP contribution in [0.25, 0.3) is 0 Å². The summed E-state index contributed by atoms with van der Waals surface area (Å²) < 4.78 is 10.3. The van der Waals surface area contributed by atoms with Crippen LogP contribution in [0.3, 0.4) is 0 Å². The van der Waals surface area contributed by atoms with Crippen LogP contribution in [0.2, 0.25) is 0 Å². The van der Waals surface area contributed by atoms with E-state index in [1.807, 2.05) is 54.6 Å². The fraction of sp³-hybridized carbons (Fsp3) is 0.556. The van der Waals surface area contributed by atoms with Crippen molar-refractivity contribution in [3.05, 3.63) is 71.3 Å². The number of nitrogens with one attached hydrogen (secondary N) is 2. The van der Waals surface area contributed by atoms with Gasteiger partial charge in [-0.25, -0.2) is 9.59 Å². The quantitative estimate of drug-likeness (QED) is 0.133. The Kier molecular flexibility index (Phi) is 18.2. The molecule has 2 rings (SSSR count). The Bertz CT molecular complexity index is 1160. The fourth-order valence-corrected chi connectivity index (χ4v) is 4.25. The summed E-state index contributed by atoms with van der Waals surface area (Å²) in [7, 11) is 0. The van der Waals surface area contributed by atoms with E-state index in [-0.39, 0.29) is 18.4 Å². The molecule has 0 unspecified atom stereocenters. The molecule has 0 saturated heterocycles. The van der Waals surface area contributed by atoms with Crippen molar-refractivity contribution >= 4 is 23.9 Å². The molecule has 0 aromatic heterocycles. The van der Waals surface area contributed by atoms with Crippen LogP contribution in [0.15, 0.2) is 54.6 Å². The number of benzene rings is 2. The summed E-state index contributed by atoms with van der Waals surface area (Å²) in [6.45, 7) is 13.4. The average Bonchev–Trinajstić information content (AvgIpc) is 2.97. The molecule has 250 valence electrons. The van der Waals surface area contributed by atoms with Gasteiger partial charge < -0.3 is 25.2 Å². The SMILES string of the molecule is CC(C)Cc1ccc([C@H](C)C(=O)NC[C@@H](NC(=O)OC(C)(C)C)C(=O)O)cc1.CCCCCCCC(=O)OCc1ccccc1. The van der Waals surface area contributed by atoms with Crippen LogP contribution in [-0.4, -0.2) is 47.2 Å². The summed E-state index contributed by atoms with van der Waals surface area (Å²) in [6.07, 6.45) is 6.48. The Morgan fingerprint density at radius 2 is 1.47 bits per heavy atom. The van der Waals surface area contributed by atoms with Gasteiger partial charge in [0, 0.05) is 13.0 Å². The predicted molar refractivity (Wildman–Crippen MR) is 177 cm³/mol. The minimum Gasteiger partial charge on any atom is -0.480 e. The highest BCUT2D eigenvalue weighted by Crippen LogP contribution is 2.18. The number of rotatable bonds is 16. The van der Waals surface area contributed by atoms with Crippen molar-refractivity contribution in [2.75, 3.05) is 6.54 Å².